The Kier molecular flexibility index (Phi) is 3.65. The normalized spacial score (nSPS) is 14.2. The second-order valence-corrected chi connectivity index (χ2v) is 7.67. The number of benzene rings is 1. The van der Waals surface area contributed by atoms with Crippen molar-refractivity contribution in [2.75, 3.05) is 18.5 Å². The lowest BCUT2D eigenvalue weighted by atomic mass is 9.97. The number of nitrogens with zero attached hydrogens (tertiary/aromatic N) is 3. The van der Waals surface area contributed by atoms with E-state index in [-0.39, 0.29) is 12.2 Å². The molecular formula is C19H18N4O2S. The second-order valence-electron chi connectivity index (χ2n) is 6.59. The first-order chi connectivity index (χ1) is 12.8. The molecule has 0 spiro atoms. The van der Waals surface area contributed by atoms with Gasteiger partial charge in [0.15, 0.2) is 11.5 Å². The van der Waals surface area contributed by atoms with Gasteiger partial charge in [-0.05, 0) is 31.2 Å². The van der Waals surface area contributed by atoms with Crippen molar-refractivity contribution in [3.63, 3.8) is 0 Å². The molecule has 0 saturated heterocycles. The SMILES string of the molecule is O=c1c2c3c(sc2nc2c4ccccc4c(NCCO)nn12)CCCC3. The molecule has 4 aromatic rings. The van der Waals surface area contributed by atoms with Gasteiger partial charge in [-0.3, -0.25) is 4.79 Å². The van der Waals surface area contributed by atoms with Gasteiger partial charge in [0.25, 0.3) is 5.56 Å². The van der Waals surface area contributed by atoms with Crippen LogP contribution in [0.25, 0.3) is 26.6 Å². The topological polar surface area (TPSA) is 79.5 Å². The fourth-order valence-corrected chi connectivity index (χ4v) is 5.06. The Morgan fingerprint density at radius 3 is 2.85 bits per heavy atom. The van der Waals surface area contributed by atoms with Crippen LogP contribution < -0.4 is 10.9 Å². The van der Waals surface area contributed by atoms with Gasteiger partial charge in [0.05, 0.1) is 12.0 Å². The van der Waals surface area contributed by atoms with Crippen LogP contribution in [0.5, 0.6) is 0 Å². The van der Waals surface area contributed by atoms with Crippen molar-refractivity contribution in [2.45, 2.75) is 25.7 Å². The molecule has 0 saturated carbocycles. The molecule has 26 heavy (non-hydrogen) atoms. The Hall–Kier alpha value is -2.51. The summed E-state index contributed by atoms with van der Waals surface area (Å²) >= 11 is 1.65. The molecule has 0 aliphatic heterocycles. The zero-order valence-corrected chi connectivity index (χ0v) is 15.0. The van der Waals surface area contributed by atoms with Crippen molar-refractivity contribution in [1.82, 2.24) is 14.6 Å². The van der Waals surface area contributed by atoms with Gasteiger partial charge in [-0.15, -0.1) is 16.4 Å². The molecule has 0 atom stereocenters. The third kappa shape index (κ3) is 2.24. The summed E-state index contributed by atoms with van der Waals surface area (Å²) in [6.45, 7) is 0.374. The summed E-state index contributed by atoms with van der Waals surface area (Å²) in [6.07, 6.45) is 4.28. The highest BCUT2D eigenvalue weighted by Gasteiger charge is 2.22. The van der Waals surface area contributed by atoms with Gasteiger partial charge >= 0.3 is 0 Å². The van der Waals surface area contributed by atoms with Gasteiger partial charge in [0.1, 0.15) is 4.83 Å². The van der Waals surface area contributed by atoms with Gasteiger partial charge in [0.2, 0.25) is 0 Å². The third-order valence-corrected chi connectivity index (χ3v) is 6.18. The van der Waals surface area contributed by atoms with E-state index in [0.717, 1.165) is 40.3 Å². The minimum absolute atomic E-state index is 0.00172. The molecule has 0 radical (unpaired) electrons. The first kappa shape index (κ1) is 15.7. The molecule has 5 rings (SSSR count). The van der Waals surface area contributed by atoms with Crippen molar-refractivity contribution < 1.29 is 5.11 Å². The third-order valence-electron chi connectivity index (χ3n) is 4.99. The van der Waals surface area contributed by atoms with Gasteiger partial charge in [-0.25, -0.2) is 4.98 Å². The number of anilines is 1. The Morgan fingerprint density at radius 1 is 1.19 bits per heavy atom. The van der Waals surface area contributed by atoms with Crippen molar-refractivity contribution in [3.05, 3.63) is 45.1 Å². The molecule has 3 aromatic heterocycles. The van der Waals surface area contributed by atoms with Crippen molar-refractivity contribution >= 4 is 43.8 Å². The molecule has 6 nitrogen and oxygen atoms in total. The lowest BCUT2D eigenvalue weighted by Gasteiger charge is -2.12. The van der Waals surface area contributed by atoms with E-state index in [1.165, 1.54) is 21.4 Å². The minimum atomic E-state index is -0.0952. The van der Waals surface area contributed by atoms with Crippen LogP contribution in [0.4, 0.5) is 5.82 Å². The van der Waals surface area contributed by atoms with E-state index in [9.17, 15) is 4.79 Å². The highest BCUT2D eigenvalue weighted by Crippen LogP contribution is 2.34. The fourth-order valence-electron chi connectivity index (χ4n) is 3.81. The quantitative estimate of drug-likeness (QED) is 0.545. The first-order valence-corrected chi connectivity index (χ1v) is 9.70. The van der Waals surface area contributed by atoms with Crippen LogP contribution in [-0.4, -0.2) is 32.9 Å². The molecule has 0 amide bonds. The molecule has 0 bridgehead atoms. The van der Waals surface area contributed by atoms with E-state index in [1.54, 1.807) is 11.3 Å². The Labute approximate surface area is 153 Å². The molecule has 7 heteroatoms. The predicted molar refractivity (Wildman–Crippen MR) is 104 cm³/mol. The number of fused-ring (bicyclic) bond motifs is 6. The lowest BCUT2D eigenvalue weighted by Crippen LogP contribution is -2.21. The number of thiophene rings is 1. The van der Waals surface area contributed by atoms with E-state index >= 15 is 0 Å². The summed E-state index contributed by atoms with van der Waals surface area (Å²) in [5.41, 5.74) is 1.66. The number of rotatable bonds is 3. The zero-order valence-electron chi connectivity index (χ0n) is 14.2. The Balaban J connectivity index is 1.90. The molecule has 1 aliphatic carbocycles. The van der Waals surface area contributed by atoms with Crippen molar-refractivity contribution in [1.29, 1.82) is 0 Å². The average molecular weight is 366 g/mol. The highest BCUT2D eigenvalue weighted by molar-refractivity contribution is 7.18. The van der Waals surface area contributed by atoms with Crippen LogP contribution in [0.15, 0.2) is 29.1 Å². The van der Waals surface area contributed by atoms with E-state index in [2.05, 4.69) is 10.4 Å². The molecule has 2 N–H and O–H groups in total. The smallest absolute Gasteiger partial charge is 0.283 e. The average Bonchev–Trinajstić information content (AvgIpc) is 3.05. The zero-order chi connectivity index (χ0) is 17.7. The Morgan fingerprint density at radius 2 is 2.00 bits per heavy atom. The maximum atomic E-state index is 13.3. The van der Waals surface area contributed by atoms with Crippen molar-refractivity contribution in [2.24, 2.45) is 0 Å². The fraction of sp³-hybridized carbons (Fsp3) is 0.316. The Bertz CT molecular complexity index is 1210. The number of hydrogen-bond acceptors (Lipinski definition) is 6. The van der Waals surface area contributed by atoms with Crippen LogP contribution in [0.3, 0.4) is 0 Å². The highest BCUT2D eigenvalue weighted by atomic mass is 32.1. The number of hydrogen-bond donors (Lipinski definition) is 2. The first-order valence-electron chi connectivity index (χ1n) is 8.88. The predicted octanol–water partition coefficient (Wildman–Crippen LogP) is 2.74. The van der Waals surface area contributed by atoms with Crippen LogP contribution in [0, 0.1) is 0 Å². The number of aliphatic hydroxyl groups excluding tert-OH is 1. The van der Waals surface area contributed by atoms with Crippen LogP contribution in [0.2, 0.25) is 0 Å². The summed E-state index contributed by atoms with van der Waals surface area (Å²) in [4.78, 5) is 20.2. The van der Waals surface area contributed by atoms with Gasteiger partial charge in [0, 0.05) is 22.2 Å². The van der Waals surface area contributed by atoms with Crippen LogP contribution >= 0.6 is 11.3 Å². The number of nitrogens with one attached hydrogen (secondary N) is 1. The minimum Gasteiger partial charge on any atom is -0.395 e. The molecule has 1 aromatic carbocycles. The molecule has 0 fully saturated rings. The maximum absolute atomic E-state index is 13.3. The van der Waals surface area contributed by atoms with E-state index in [4.69, 9.17) is 10.1 Å². The van der Waals surface area contributed by atoms with Crippen molar-refractivity contribution in [3.8, 4) is 0 Å². The number of aryl methyl sites for hydroxylation is 2. The molecule has 0 unspecified atom stereocenters. The standard InChI is InChI=1S/C19H18N4O2S/c24-10-9-20-16-11-5-1-2-6-12(11)17-21-18-15(19(25)23(17)22-16)13-7-3-4-8-14(13)26-18/h1-2,5-6,24H,3-4,7-10H2,(H,20,22). The summed E-state index contributed by atoms with van der Waals surface area (Å²) < 4.78 is 1.42. The maximum Gasteiger partial charge on any atom is 0.283 e. The van der Waals surface area contributed by atoms with Gasteiger partial charge < -0.3 is 10.4 Å². The summed E-state index contributed by atoms with van der Waals surface area (Å²) in [7, 11) is 0. The molecular weight excluding hydrogens is 348 g/mol. The second kappa shape index (κ2) is 6.03. The van der Waals surface area contributed by atoms with E-state index in [1.807, 2.05) is 24.3 Å². The lowest BCUT2D eigenvalue weighted by molar-refractivity contribution is 0.311. The van der Waals surface area contributed by atoms with Gasteiger partial charge in [-0.1, -0.05) is 24.3 Å². The molecule has 132 valence electrons. The van der Waals surface area contributed by atoms with Crippen LogP contribution in [0.1, 0.15) is 23.3 Å². The van der Waals surface area contributed by atoms with Crippen LogP contribution in [-0.2, 0) is 12.8 Å². The molecule has 1 aliphatic rings. The van der Waals surface area contributed by atoms with E-state index in [0.29, 0.717) is 18.0 Å². The largest absolute Gasteiger partial charge is 0.395 e. The van der Waals surface area contributed by atoms with Gasteiger partial charge in [-0.2, -0.15) is 4.52 Å². The monoisotopic (exact) mass is 366 g/mol. The number of aromatic nitrogens is 3. The summed E-state index contributed by atoms with van der Waals surface area (Å²) in [5.74, 6) is 0.592. The summed E-state index contributed by atoms with van der Waals surface area (Å²) in [5, 5.41) is 19.3. The summed E-state index contributed by atoms with van der Waals surface area (Å²) in [6, 6.07) is 7.79. The van der Waals surface area contributed by atoms with E-state index < -0.39 is 0 Å². The molecule has 3 heterocycles. The number of aliphatic hydroxyl groups is 1.